The van der Waals surface area contributed by atoms with Gasteiger partial charge in [0.1, 0.15) is 0 Å². The van der Waals surface area contributed by atoms with Crippen molar-refractivity contribution in [3.8, 4) is 45.8 Å². The topological polar surface area (TPSA) is 57.4 Å². The summed E-state index contributed by atoms with van der Waals surface area (Å²) in [6, 6.07) is 57.5. The van der Waals surface area contributed by atoms with Gasteiger partial charge in [0.25, 0.3) is 0 Å². The lowest BCUT2D eigenvalue weighted by molar-refractivity contribution is 0.589. The second-order valence-corrected chi connectivity index (χ2v) is 14.4. The summed E-state index contributed by atoms with van der Waals surface area (Å²) >= 11 is 0. The van der Waals surface area contributed by atoms with E-state index in [9.17, 15) is 10.5 Å². The van der Waals surface area contributed by atoms with E-state index in [-0.39, 0.29) is 5.41 Å². The largest absolute Gasteiger partial charge is 0.309 e. The maximum absolute atomic E-state index is 9.82. The van der Waals surface area contributed by atoms with Crippen LogP contribution in [0.1, 0.15) is 37.5 Å². The number of nitriles is 2. The molecule has 0 aliphatic heterocycles. The Hall–Kier alpha value is -6.88. The Balaban J connectivity index is 1.56. The number of aromatic nitrogens is 2. The Bertz CT molecular complexity index is 2830. The minimum Gasteiger partial charge on any atom is -0.309 e. The number of nitrogens with zero attached hydrogens (tertiary/aromatic N) is 4. The molecule has 0 unspecified atom stereocenters. The van der Waals surface area contributed by atoms with Crippen LogP contribution in [-0.2, 0) is 5.41 Å². The quantitative estimate of drug-likeness (QED) is 0.188. The van der Waals surface area contributed by atoms with E-state index >= 15 is 0 Å². The average Bonchev–Trinajstić information content (AvgIpc) is 3.70. The molecule has 0 bridgehead atoms. The summed E-state index contributed by atoms with van der Waals surface area (Å²) in [5, 5.41) is 24.4. The molecule has 52 heavy (non-hydrogen) atoms. The Morgan fingerprint density at radius 2 is 0.846 bits per heavy atom. The number of para-hydroxylation sites is 4. The molecular weight excluding hydrogens is 633 g/mol. The summed E-state index contributed by atoms with van der Waals surface area (Å²) in [7, 11) is 0. The fourth-order valence-corrected chi connectivity index (χ4v) is 8.09. The highest BCUT2D eigenvalue weighted by Gasteiger charge is 2.32. The van der Waals surface area contributed by atoms with Gasteiger partial charge >= 0.3 is 0 Å². The van der Waals surface area contributed by atoms with E-state index in [4.69, 9.17) is 0 Å². The van der Waals surface area contributed by atoms with Crippen molar-refractivity contribution in [3.63, 3.8) is 0 Å². The highest BCUT2D eigenvalue weighted by molar-refractivity contribution is 6.12. The first-order valence-electron chi connectivity index (χ1n) is 17.6. The molecule has 246 valence electrons. The molecule has 4 nitrogen and oxygen atoms in total. The van der Waals surface area contributed by atoms with Crippen LogP contribution >= 0.6 is 0 Å². The highest BCUT2D eigenvalue weighted by atomic mass is 15.0. The molecule has 0 saturated carbocycles. The van der Waals surface area contributed by atoms with Gasteiger partial charge in [-0.3, -0.25) is 0 Å². The Morgan fingerprint density at radius 1 is 0.462 bits per heavy atom. The zero-order valence-electron chi connectivity index (χ0n) is 29.2. The maximum Gasteiger partial charge on any atom is 0.0991 e. The smallest absolute Gasteiger partial charge is 0.0991 e. The van der Waals surface area contributed by atoms with E-state index in [2.05, 4.69) is 169 Å². The lowest BCUT2D eigenvalue weighted by atomic mass is 9.77. The molecular formula is C48H34N4. The minimum absolute atomic E-state index is 0.360. The maximum atomic E-state index is 9.82. The first kappa shape index (κ1) is 31.1. The van der Waals surface area contributed by atoms with Crippen LogP contribution in [0.15, 0.2) is 152 Å². The van der Waals surface area contributed by atoms with Crippen LogP contribution in [0.5, 0.6) is 0 Å². The molecule has 2 heterocycles. The lowest BCUT2D eigenvalue weighted by Gasteiger charge is -2.32. The van der Waals surface area contributed by atoms with Crippen molar-refractivity contribution in [1.82, 2.24) is 9.13 Å². The highest BCUT2D eigenvalue weighted by Crippen LogP contribution is 2.49. The van der Waals surface area contributed by atoms with Crippen LogP contribution in [0, 0.1) is 22.7 Å². The molecule has 0 atom stereocenters. The molecule has 0 fully saturated rings. The number of hydrogen-bond donors (Lipinski definition) is 0. The van der Waals surface area contributed by atoms with Gasteiger partial charge in [0.2, 0.25) is 0 Å². The van der Waals surface area contributed by atoms with Crippen LogP contribution in [0.3, 0.4) is 0 Å². The van der Waals surface area contributed by atoms with Crippen molar-refractivity contribution >= 4 is 43.6 Å². The van der Waals surface area contributed by atoms with Crippen LogP contribution in [0.25, 0.3) is 77.2 Å². The van der Waals surface area contributed by atoms with Crippen LogP contribution in [0.2, 0.25) is 0 Å². The molecule has 0 N–H and O–H groups in total. The first-order chi connectivity index (χ1) is 25.4. The van der Waals surface area contributed by atoms with Crippen molar-refractivity contribution in [1.29, 1.82) is 10.5 Å². The van der Waals surface area contributed by atoms with Gasteiger partial charge in [-0.15, -0.1) is 0 Å². The van der Waals surface area contributed by atoms with Crippen LogP contribution < -0.4 is 0 Å². The normalized spacial score (nSPS) is 11.7. The third-order valence-electron chi connectivity index (χ3n) is 10.3. The first-order valence-corrected chi connectivity index (χ1v) is 17.6. The summed E-state index contributed by atoms with van der Waals surface area (Å²) in [6.45, 7) is 6.89. The number of fused-ring (bicyclic) bond motifs is 6. The van der Waals surface area contributed by atoms with E-state index in [1.165, 1.54) is 27.1 Å². The number of benzene rings is 7. The molecule has 0 aliphatic carbocycles. The molecule has 0 radical (unpaired) electrons. The van der Waals surface area contributed by atoms with Gasteiger partial charge in [-0.05, 0) is 76.7 Å². The van der Waals surface area contributed by atoms with Crippen molar-refractivity contribution in [2.75, 3.05) is 0 Å². The van der Waals surface area contributed by atoms with E-state index in [0.717, 1.165) is 55.7 Å². The Morgan fingerprint density at radius 3 is 1.25 bits per heavy atom. The minimum atomic E-state index is -0.360. The fraction of sp³-hybridized carbons (Fsp3) is 0.0833. The van der Waals surface area contributed by atoms with Crippen LogP contribution in [-0.4, -0.2) is 9.13 Å². The van der Waals surface area contributed by atoms with E-state index < -0.39 is 0 Å². The molecule has 9 rings (SSSR count). The van der Waals surface area contributed by atoms with Crippen molar-refractivity contribution in [2.24, 2.45) is 0 Å². The molecule has 0 aliphatic rings. The predicted molar refractivity (Wildman–Crippen MR) is 214 cm³/mol. The van der Waals surface area contributed by atoms with Gasteiger partial charge in [0.15, 0.2) is 0 Å². The SMILES string of the molecule is CC(C)(C)c1c(-c2ccc(C#N)cc2)c(-n2c3ccccc3c3ccccc32)cc(-c2ccc(C#N)cc2)c1-n1c2ccccc2c2ccccc21. The summed E-state index contributed by atoms with van der Waals surface area (Å²) < 4.78 is 4.86. The molecule has 4 heteroatoms. The van der Waals surface area contributed by atoms with Gasteiger partial charge in [-0.25, -0.2) is 0 Å². The molecule has 2 aromatic heterocycles. The van der Waals surface area contributed by atoms with Crippen molar-refractivity contribution < 1.29 is 0 Å². The van der Waals surface area contributed by atoms with Gasteiger partial charge in [-0.1, -0.05) is 118 Å². The Labute approximate surface area is 302 Å². The molecule has 7 aromatic carbocycles. The average molecular weight is 667 g/mol. The molecule has 0 saturated heterocycles. The van der Waals surface area contributed by atoms with E-state index in [1.807, 2.05) is 24.3 Å². The number of hydrogen-bond acceptors (Lipinski definition) is 2. The summed E-state index contributed by atoms with van der Waals surface area (Å²) in [5.41, 5.74) is 12.9. The van der Waals surface area contributed by atoms with Gasteiger partial charge in [-0.2, -0.15) is 10.5 Å². The van der Waals surface area contributed by atoms with Gasteiger partial charge in [0.05, 0.1) is 56.7 Å². The molecule has 0 amide bonds. The molecule has 0 spiro atoms. The summed E-state index contributed by atoms with van der Waals surface area (Å²) in [5.74, 6) is 0. The van der Waals surface area contributed by atoms with E-state index in [1.54, 1.807) is 0 Å². The van der Waals surface area contributed by atoms with Gasteiger partial charge < -0.3 is 9.13 Å². The predicted octanol–water partition coefficient (Wildman–Crippen LogP) is 12.3. The van der Waals surface area contributed by atoms with E-state index in [0.29, 0.717) is 11.1 Å². The second-order valence-electron chi connectivity index (χ2n) is 14.4. The third kappa shape index (κ3) is 4.73. The summed E-state index contributed by atoms with van der Waals surface area (Å²) in [4.78, 5) is 0. The second kappa shape index (κ2) is 11.9. The lowest BCUT2D eigenvalue weighted by Crippen LogP contribution is -2.20. The Kier molecular flexibility index (Phi) is 7.11. The van der Waals surface area contributed by atoms with Crippen LogP contribution in [0.4, 0.5) is 0 Å². The number of rotatable bonds is 4. The summed E-state index contributed by atoms with van der Waals surface area (Å²) in [6.07, 6.45) is 0. The monoisotopic (exact) mass is 666 g/mol. The third-order valence-corrected chi connectivity index (χ3v) is 10.3. The van der Waals surface area contributed by atoms with Crippen molar-refractivity contribution in [2.45, 2.75) is 26.2 Å². The molecule has 9 aromatic rings. The fourth-order valence-electron chi connectivity index (χ4n) is 8.09. The van der Waals surface area contributed by atoms with Gasteiger partial charge in [0, 0.05) is 32.7 Å². The standard InChI is InChI=1S/C48H34N4/c1-48(2,3)46-45(34-26-22-32(30-50)23-27-34)44(51-40-16-8-4-12-35(40)36-13-5-9-17-41(36)51)28-39(33-24-20-31(29-49)21-25-33)47(46)52-42-18-10-6-14-37(42)38-15-7-11-19-43(38)52/h4-28H,1-3H3. The zero-order valence-corrected chi connectivity index (χ0v) is 29.2. The van der Waals surface area contributed by atoms with Crippen molar-refractivity contribution in [3.05, 3.63) is 168 Å². The zero-order chi connectivity index (χ0) is 35.6.